The van der Waals surface area contributed by atoms with Gasteiger partial charge in [-0.15, -0.1) is 5.10 Å². The second-order valence-electron chi connectivity index (χ2n) is 6.33. The van der Waals surface area contributed by atoms with Crippen molar-refractivity contribution in [2.45, 2.75) is 49.7 Å². The van der Waals surface area contributed by atoms with E-state index >= 15 is 0 Å². The van der Waals surface area contributed by atoms with Crippen molar-refractivity contribution < 1.29 is 4.79 Å². The van der Waals surface area contributed by atoms with Crippen LogP contribution < -0.4 is 5.32 Å². The Morgan fingerprint density at radius 3 is 2.65 bits per heavy atom. The van der Waals surface area contributed by atoms with Crippen LogP contribution in [0.25, 0.3) is 5.69 Å². The standard InChI is InChI=1S/C16H21N3OS3/c1-10-8-6-7-9-12(10)19-15(21)23-14(18-19)22-11(2)13(20)17-16(3,4)5/h6-9,11H,1-5H3,(H,17,20)/t11-/m1/s1. The van der Waals surface area contributed by atoms with E-state index < -0.39 is 0 Å². The third-order valence-electron chi connectivity index (χ3n) is 3.02. The summed E-state index contributed by atoms with van der Waals surface area (Å²) in [5, 5.41) is 7.34. The van der Waals surface area contributed by atoms with Gasteiger partial charge in [-0.3, -0.25) is 4.79 Å². The Balaban J connectivity index is 2.17. The van der Waals surface area contributed by atoms with Gasteiger partial charge in [-0.1, -0.05) is 41.3 Å². The molecule has 7 heteroatoms. The van der Waals surface area contributed by atoms with E-state index in [1.54, 1.807) is 4.68 Å². The third-order valence-corrected chi connectivity index (χ3v) is 5.43. The average molecular weight is 368 g/mol. The lowest BCUT2D eigenvalue weighted by Crippen LogP contribution is -2.44. The molecule has 0 spiro atoms. The number of carbonyl (C=O) groups is 1. The molecule has 1 N–H and O–H groups in total. The second-order valence-corrected chi connectivity index (χ2v) is 9.54. The molecule has 0 radical (unpaired) electrons. The van der Waals surface area contributed by atoms with Crippen LogP contribution in [0.2, 0.25) is 0 Å². The Labute approximate surface area is 150 Å². The monoisotopic (exact) mass is 367 g/mol. The summed E-state index contributed by atoms with van der Waals surface area (Å²) in [4.78, 5) is 12.2. The number of hydrogen-bond acceptors (Lipinski definition) is 5. The molecule has 0 fully saturated rings. The fourth-order valence-electron chi connectivity index (χ4n) is 1.94. The molecule has 4 nitrogen and oxygen atoms in total. The zero-order valence-electron chi connectivity index (χ0n) is 13.9. The molecule has 124 valence electrons. The summed E-state index contributed by atoms with van der Waals surface area (Å²) in [5.74, 6) is 0.00561. The molecule has 0 aliphatic carbocycles. The van der Waals surface area contributed by atoms with Crippen LogP contribution in [0.15, 0.2) is 28.6 Å². The van der Waals surface area contributed by atoms with Gasteiger partial charge in [-0.05, 0) is 58.5 Å². The first-order chi connectivity index (χ1) is 10.7. The first-order valence-electron chi connectivity index (χ1n) is 7.32. The quantitative estimate of drug-likeness (QED) is 0.644. The molecule has 2 aromatic rings. The number of nitrogens with one attached hydrogen (secondary N) is 1. The minimum atomic E-state index is -0.237. The molecular formula is C16H21N3OS3. The molecule has 1 atom stereocenters. The lowest BCUT2D eigenvalue weighted by molar-refractivity contribution is -0.121. The molecular weight excluding hydrogens is 346 g/mol. The maximum absolute atomic E-state index is 12.2. The molecule has 1 heterocycles. The predicted octanol–water partition coefficient (Wildman–Crippen LogP) is 4.37. The smallest absolute Gasteiger partial charge is 0.233 e. The lowest BCUT2D eigenvalue weighted by atomic mass is 10.1. The van der Waals surface area contributed by atoms with Gasteiger partial charge in [0.1, 0.15) is 0 Å². The number of aryl methyl sites for hydroxylation is 1. The normalized spacial score (nSPS) is 12.9. The average Bonchev–Trinajstić information content (AvgIpc) is 2.78. The first-order valence-corrected chi connectivity index (χ1v) is 9.42. The van der Waals surface area contributed by atoms with Gasteiger partial charge in [0.2, 0.25) is 5.91 Å². The molecule has 0 aliphatic rings. The van der Waals surface area contributed by atoms with E-state index in [-0.39, 0.29) is 16.7 Å². The molecule has 2 rings (SSSR count). The Morgan fingerprint density at radius 1 is 1.39 bits per heavy atom. The van der Waals surface area contributed by atoms with Crippen molar-refractivity contribution in [3.8, 4) is 5.69 Å². The van der Waals surface area contributed by atoms with Gasteiger partial charge in [-0.25, -0.2) is 4.68 Å². The highest BCUT2D eigenvalue weighted by Gasteiger charge is 2.21. The van der Waals surface area contributed by atoms with Crippen LogP contribution in [0.4, 0.5) is 0 Å². The topological polar surface area (TPSA) is 46.9 Å². The SMILES string of the molecule is Cc1ccccc1-n1nc(S[C@H](C)C(=O)NC(C)(C)C)sc1=S. The molecule has 0 aliphatic heterocycles. The van der Waals surface area contributed by atoms with Gasteiger partial charge in [0.15, 0.2) is 8.29 Å². The highest BCUT2D eigenvalue weighted by molar-refractivity contribution is 8.02. The summed E-state index contributed by atoms with van der Waals surface area (Å²) >= 11 is 8.29. The summed E-state index contributed by atoms with van der Waals surface area (Å²) in [6.07, 6.45) is 0. The molecule has 1 aromatic carbocycles. The number of amides is 1. The zero-order valence-corrected chi connectivity index (χ0v) is 16.4. The Kier molecular flexibility index (Phi) is 5.65. The van der Waals surface area contributed by atoms with Crippen LogP contribution in [0.5, 0.6) is 0 Å². The van der Waals surface area contributed by atoms with Crippen molar-refractivity contribution in [3.05, 3.63) is 33.8 Å². The number of benzene rings is 1. The molecule has 0 bridgehead atoms. The summed E-state index contributed by atoms with van der Waals surface area (Å²) in [6.45, 7) is 9.83. The predicted molar refractivity (Wildman–Crippen MR) is 100 cm³/mol. The summed E-state index contributed by atoms with van der Waals surface area (Å²) in [7, 11) is 0. The van der Waals surface area contributed by atoms with Crippen molar-refractivity contribution in [3.63, 3.8) is 0 Å². The molecule has 23 heavy (non-hydrogen) atoms. The summed E-state index contributed by atoms with van der Waals surface area (Å²) < 4.78 is 3.26. The van der Waals surface area contributed by atoms with Gasteiger partial charge in [0.05, 0.1) is 10.9 Å². The molecule has 1 aromatic heterocycles. The minimum absolute atomic E-state index is 0.00561. The zero-order chi connectivity index (χ0) is 17.2. The van der Waals surface area contributed by atoms with Crippen LogP contribution in [0.1, 0.15) is 33.3 Å². The van der Waals surface area contributed by atoms with Crippen LogP contribution in [-0.4, -0.2) is 26.5 Å². The Hall–Kier alpha value is -1.18. The van der Waals surface area contributed by atoms with Gasteiger partial charge in [0, 0.05) is 5.54 Å². The van der Waals surface area contributed by atoms with E-state index in [4.69, 9.17) is 12.2 Å². The number of aromatic nitrogens is 2. The van der Waals surface area contributed by atoms with Crippen LogP contribution in [0.3, 0.4) is 0 Å². The first kappa shape index (κ1) is 18.2. The van der Waals surface area contributed by atoms with E-state index in [0.29, 0.717) is 3.95 Å². The number of rotatable bonds is 4. The summed E-state index contributed by atoms with van der Waals surface area (Å²) in [5.41, 5.74) is 1.86. The number of para-hydroxylation sites is 1. The number of nitrogens with zero attached hydrogens (tertiary/aromatic N) is 2. The van der Waals surface area contributed by atoms with E-state index in [1.807, 2.05) is 58.9 Å². The molecule has 1 amide bonds. The lowest BCUT2D eigenvalue weighted by Gasteiger charge is -2.22. The van der Waals surface area contributed by atoms with E-state index in [9.17, 15) is 4.79 Å². The van der Waals surface area contributed by atoms with Crippen molar-refractivity contribution in [1.29, 1.82) is 0 Å². The molecule has 0 saturated heterocycles. The number of hydrogen-bond donors (Lipinski definition) is 1. The largest absolute Gasteiger partial charge is 0.351 e. The maximum atomic E-state index is 12.2. The third kappa shape index (κ3) is 4.89. The Bertz CT molecular complexity index is 758. The fourth-order valence-corrected chi connectivity index (χ4v) is 4.43. The number of carbonyl (C=O) groups excluding carboxylic acids is 1. The fraction of sp³-hybridized carbons (Fsp3) is 0.438. The molecule has 0 saturated carbocycles. The van der Waals surface area contributed by atoms with Crippen molar-refractivity contribution in [1.82, 2.24) is 15.1 Å². The van der Waals surface area contributed by atoms with E-state index in [1.165, 1.54) is 23.1 Å². The highest BCUT2D eigenvalue weighted by Crippen LogP contribution is 2.28. The second kappa shape index (κ2) is 7.15. The van der Waals surface area contributed by atoms with Crippen molar-refractivity contribution >= 4 is 41.2 Å². The maximum Gasteiger partial charge on any atom is 0.233 e. The van der Waals surface area contributed by atoms with Crippen molar-refractivity contribution in [2.24, 2.45) is 0 Å². The summed E-state index contributed by atoms with van der Waals surface area (Å²) in [6, 6.07) is 7.98. The van der Waals surface area contributed by atoms with E-state index in [0.717, 1.165) is 15.6 Å². The van der Waals surface area contributed by atoms with Crippen LogP contribution >= 0.6 is 35.3 Å². The van der Waals surface area contributed by atoms with E-state index in [2.05, 4.69) is 10.4 Å². The minimum Gasteiger partial charge on any atom is -0.351 e. The number of thioether (sulfide) groups is 1. The van der Waals surface area contributed by atoms with Crippen LogP contribution in [-0.2, 0) is 4.79 Å². The van der Waals surface area contributed by atoms with Gasteiger partial charge in [0.25, 0.3) is 0 Å². The Morgan fingerprint density at radius 2 is 2.04 bits per heavy atom. The van der Waals surface area contributed by atoms with Gasteiger partial charge in [-0.2, -0.15) is 0 Å². The molecule has 0 unspecified atom stereocenters. The highest BCUT2D eigenvalue weighted by atomic mass is 32.2. The van der Waals surface area contributed by atoms with Crippen LogP contribution in [0, 0.1) is 10.9 Å². The van der Waals surface area contributed by atoms with Gasteiger partial charge < -0.3 is 5.32 Å². The van der Waals surface area contributed by atoms with Gasteiger partial charge >= 0.3 is 0 Å². The van der Waals surface area contributed by atoms with Crippen molar-refractivity contribution in [2.75, 3.05) is 0 Å².